The number of fused-ring (bicyclic) bond motifs is 1. The molecule has 1 aliphatic carbocycles. The first-order valence-electron chi connectivity index (χ1n) is 6.55. The van der Waals surface area contributed by atoms with Crippen LogP contribution in [0.25, 0.3) is 0 Å². The zero-order valence-electron chi connectivity index (χ0n) is 10.3. The second-order valence-electron chi connectivity index (χ2n) is 5.61. The Labute approximate surface area is 115 Å². The van der Waals surface area contributed by atoms with Gasteiger partial charge in [-0.2, -0.15) is 0 Å². The smallest absolute Gasteiger partial charge is 0.137 e. The van der Waals surface area contributed by atoms with Gasteiger partial charge in [0.05, 0.1) is 4.47 Å². The molecular formula is C14H18BrFN2. The molecule has 1 saturated carbocycles. The van der Waals surface area contributed by atoms with Gasteiger partial charge in [-0.1, -0.05) is 6.07 Å². The lowest BCUT2D eigenvalue weighted by molar-refractivity contribution is 0.298. The van der Waals surface area contributed by atoms with Gasteiger partial charge in [0.2, 0.25) is 0 Å². The van der Waals surface area contributed by atoms with Crippen LogP contribution in [0.2, 0.25) is 0 Å². The van der Waals surface area contributed by atoms with Gasteiger partial charge in [0.1, 0.15) is 5.82 Å². The highest BCUT2D eigenvalue weighted by Gasteiger charge is 2.40. The lowest BCUT2D eigenvalue weighted by Crippen LogP contribution is -2.30. The van der Waals surface area contributed by atoms with Crippen molar-refractivity contribution in [2.75, 3.05) is 13.1 Å². The fourth-order valence-corrected chi connectivity index (χ4v) is 3.85. The molecule has 0 amide bonds. The molecule has 1 aromatic carbocycles. The van der Waals surface area contributed by atoms with Crippen LogP contribution in [0.1, 0.15) is 18.4 Å². The summed E-state index contributed by atoms with van der Waals surface area (Å²) in [6.45, 7) is 3.15. The van der Waals surface area contributed by atoms with E-state index in [1.54, 1.807) is 0 Å². The molecule has 2 fully saturated rings. The highest BCUT2D eigenvalue weighted by atomic mass is 79.9. The summed E-state index contributed by atoms with van der Waals surface area (Å²) in [4.78, 5) is 2.45. The number of likely N-dealkylation sites (tertiary alicyclic amines) is 1. The van der Waals surface area contributed by atoms with Crippen molar-refractivity contribution in [3.8, 4) is 0 Å². The number of benzene rings is 1. The first-order valence-corrected chi connectivity index (χ1v) is 7.34. The van der Waals surface area contributed by atoms with Crippen LogP contribution in [0, 0.1) is 17.7 Å². The van der Waals surface area contributed by atoms with Crippen molar-refractivity contribution in [1.29, 1.82) is 0 Å². The van der Waals surface area contributed by atoms with E-state index in [1.165, 1.54) is 18.9 Å². The van der Waals surface area contributed by atoms with Crippen molar-refractivity contribution >= 4 is 15.9 Å². The second kappa shape index (κ2) is 4.91. The van der Waals surface area contributed by atoms with E-state index in [4.69, 9.17) is 5.73 Å². The Bertz CT molecular complexity index is 451. The topological polar surface area (TPSA) is 29.3 Å². The van der Waals surface area contributed by atoms with Crippen LogP contribution in [-0.4, -0.2) is 24.0 Å². The van der Waals surface area contributed by atoms with Crippen molar-refractivity contribution < 1.29 is 4.39 Å². The summed E-state index contributed by atoms with van der Waals surface area (Å²) < 4.78 is 13.7. The van der Waals surface area contributed by atoms with Crippen molar-refractivity contribution in [1.82, 2.24) is 4.90 Å². The predicted octanol–water partition coefficient (Wildman–Crippen LogP) is 2.76. The molecule has 0 spiro atoms. The van der Waals surface area contributed by atoms with Crippen molar-refractivity contribution in [3.05, 3.63) is 34.1 Å². The molecular weight excluding hydrogens is 295 g/mol. The normalized spacial score (nSPS) is 31.8. The molecule has 1 aliphatic heterocycles. The number of nitrogens with two attached hydrogens (primary N) is 1. The van der Waals surface area contributed by atoms with E-state index in [-0.39, 0.29) is 5.82 Å². The molecule has 4 heteroatoms. The van der Waals surface area contributed by atoms with E-state index in [0.717, 1.165) is 31.1 Å². The monoisotopic (exact) mass is 312 g/mol. The Morgan fingerprint density at radius 2 is 2.17 bits per heavy atom. The van der Waals surface area contributed by atoms with E-state index < -0.39 is 0 Å². The highest BCUT2D eigenvalue weighted by Crippen LogP contribution is 2.37. The molecule has 2 nitrogen and oxygen atoms in total. The molecule has 3 rings (SSSR count). The van der Waals surface area contributed by atoms with Gasteiger partial charge >= 0.3 is 0 Å². The molecule has 2 aliphatic rings. The van der Waals surface area contributed by atoms with E-state index in [9.17, 15) is 4.39 Å². The average molecular weight is 313 g/mol. The van der Waals surface area contributed by atoms with Gasteiger partial charge in [-0.3, -0.25) is 4.90 Å². The summed E-state index contributed by atoms with van der Waals surface area (Å²) in [5.74, 6) is 1.26. The van der Waals surface area contributed by atoms with Crippen molar-refractivity contribution in [3.63, 3.8) is 0 Å². The molecule has 3 unspecified atom stereocenters. The Morgan fingerprint density at radius 1 is 1.33 bits per heavy atom. The summed E-state index contributed by atoms with van der Waals surface area (Å²) in [6, 6.07) is 5.67. The number of hydrogen-bond acceptors (Lipinski definition) is 2. The maximum atomic E-state index is 13.2. The Hall–Kier alpha value is -0.450. The van der Waals surface area contributed by atoms with E-state index in [2.05, 4.69) is 20.8 Å². The number of rotatable bonds is 2. The minimum absolute atomic E-state index is 0.195. The minimum atomic E-state index is -0.195. The fraction of sp³-hybridized carbons (Fsp3) is 0.571. The molecule has 0 aromatic heterocycles. The first kappa shape index (κ1) is 12.6. The third kappa shape index (κ3) is 2.33. The van der Waals surface area contributed by atoms with E-state index in [0.29, 0.717) is 16.4 Å². The highest BCUT2D eigenvalue weighted by molar-refractivity contribution is 9.10. The summed E-state index contributed by atoms with van der Waals surface area (Å²) in [7, 11) is 0. The standard InChI is InChI=1S/C14H18BrFN2/c15-12-5-9(1-3-13(12)16)6-18-7-10-2-4-14(17)11(10)8-18/h1,3,5,10-11,14H,2,4,6-8,17H2. The molecule has 98 valence electrons. The third-order valence-corrected chi connectivity index (χ3v) is 4.99. The van der Waals surface area contributed by atoms with Gasteiger partial charge in [-0.25, -0.2) is 4.39 Å². The van der Waals surface area contributed by atoms with Crippen LogP contribution in [-0.2, 0) is 6.54 Å². The fourth-order valence-electron chi connectivity index (χ4n) is 3.43. The first-order chi connectivity index (χ1) is 8.63. The van der Waals surface area contributed by atoms with Crippen LogP contribution < -0.4 is 5.73 Å². The van der Waals surface area contributed by atoms with Crippen molar-refractivity contribution in [2.24, 2.45) is 17.6 Å². The van der Waals surface area contributed by atoms with Crippen LogP contribution in [0.5, 0.6) is 0 Å². The van der Waals surface area contributed by atoms with Gasteiger partial charge in [-0.05, 0) is 58.3 Å². The molecule has 18 heavy (non-hydrogen) atoms. The second-order valence-corrected chi connectivity index (χ2v) is 6.46. The average Bonchev–Trinajstić information content (AvgIpc) is 2.87. The van der Waals surface area contributed by atoms with Crippen molar-refractivity contribution in [2.45, 2.75) is 25.4 Å². The largest absolute Gasteiger partial charge is 0.327 e. The SMILES string of the molecule is NC1CCC2CN(Cc3ccc(F)c(Br)c3)CC12. The van der Waals surface area contributed by atoms with Crippen LogP contribution in [0.3, 0.4) is 0 Å². The summed E-state index contributed by atoms with van der Waals surface area (Å²) in [6.07, 6.45) is 2.46. The van der Waals surface area contributed by atoms with Gasteiger partial charge < -0.3 is 5.73 Å². The summed E-state index contributed by atoms with van der Waals surface area (Å²) in [5, 5.41) is 0. The zero-order chi connectivity index (χ0) is 12.7. The Kier molecular flexibility index (Phi) is 3.43. The molecule has 1 aromatic rings. The number of nitrogens with zero attached hydrogens (tertiary/aromatic N) is 1. The number of halogens is 2. The molecule has 2 N–H and O–H groups in total. The Morgan fingerprint density at radius 3 is 2.89 bits per heavy atom. The maximum Gasteiger partial charge on any atom is 0.137 e. The Balaban J connectivity index is 1.66. The molecule has 1 saturated heterocycles. The van der Waals surface area contributed by atoms with E-state index in [1.807, 2.05) is 12.1 Å². The maximum absolute atomic E-state index is 13.2. The van der Waals surface area contributed by atoms with Crippen LogP contribution in [0.15, 0.2) is 22.7 Å². The van der Waals surface area contributed by atoms with Gasteiger partial charge in [0.15, 0.2) is 0 Å². The minimum Gasteiger partial charge on any atom is -0.327 e. The van der Waals surface area contributed by atoms with E-state index >= 15 is 0 Å². The van der Waals surface area contributed by atoms with Gasteiger partial charge in [-0.15, -0.1) is 0 Å². The molecule has 3 atom stereocenters. The lowest BCUT2D eigenvalue weighted by Gasteiger charge is -2.18. The van der Waals surface area contributed by atoms with Crippen LogP contribution >= 0.6 is 15.9 Å². The predicted molar refractivity (Wildman–Crippen MR) is 73.6 cm³/mol. The molecule has 0 radical (unpaired) electrons. The number of hydrogen-bond donors (Lipinski definition) is 1. The quantitative estimate of drug-likeness (QED) is 0.910. The summed E-state index contributed by atoms with van der Waals surface area (Å²) in [5.41, 5.74) is 7.30. The lowest BCUT2D eigenvalue weighted by atomic mass is 9.98. The zero-order valence-corrected chi connectivity index (χ0v) is 11.9. The third-order valence-electron chi connectivity index (χ3n) is 4.38. The van der Waals surface area contributed by atoms with Gasteiger partial charge in [0, 0.05) is 25.7 Å². The van der Waals surface area contributed by atoms with Crippen LogP contribution in [0.4, 0.5) is 4.39 Å². The molecule has 1 heterocycles. The van der Waals surface area contributed by atoms with Gasteiger partial charge in [0.25, 0.3) is 0 Å². The summed E-state index contributed by atoms with van der Waals surface area (Å²) >= 11 is 3.24. The molecule has 0 bridgehead atoms.